The van der Waals surface area contributed by atoms with Gasteiger partial charge in [0.05, 0.1) is 13.2 Å². The van der Waals surface area contributed by atoms with E-state index in [1.54, 1.807) is 12.1 Å². The highest BCUT2D eigenvalue weighted by Gasteiger charge is 2.13. The zero-order valence-corrected chi connectivity index (χ0v) is 10.7. The molecule has 1 aromatic heterocycles. The van der Waals surface area contributed by atoms with E-state index < -0.39 is 4.92 Å². The van der Waals surface area contributed by atoms with Crippen molar-refractivity contribution in [3.63, 3.8) is 0 Å². The van der Waals surface area contributed by atoms with Gasteiger partial charge < -0.3 is 20.2 Å². The van der Waals surface area contributed by atoms with Crippen molar-refractivity contribution in [1.29, 1.82) is 0 Å². The van der Waals surface area contributed by atoms with Crippen LogP contribution in [0.5, 0.6) is 0 Å². The molecule has 104 valence electrons. The minimum Gasteiger partial charge on any atom is -0.379 e. The van der Waals surface area contributed by atoms with Crippen LogP contribution in [0.3, 0.4) is 0 Å². The van der Waals surface area contributed by atoms with Gasteiger partial charge in [0.15, 0.2) is 0 Å². The van der Waals surface area contributed by atoms with Gasteiger partial charge >= 0.3 is 5.82 Å². The average molecular weight is 266 g/mol. The molecule has 0 spiro atoms. The Morgan fingerprint density at radius 1 is 1.47 bits per heavy atom. The molecule has 1 aromatic rings. The maximum absolute atomic E-state index is 10.8. The molecule has 1 aliphatic heterocycles. The molecule has 7 heteroatoms. The predicted molar refractivity (Wildman–Crippen MR) is 71.3 cm³/mol. The van der Waals surface area contributed by atoms with Gasteiger partial charge in [0.25, 0.3) is 0 Å². The summed E-state index contributed by atoms with van der Waals surface area (Å²) >= 11 is 0. The third-order valence-corrected chi connectivity index (χ3v) is 3.03. The molecule has 0 radical (unpaired) electrons. The van der Waals surface area contributed by atoms with Crippen LogP contribution in [-0.4, -0.2) is 54.2 Å². The van der Waals surface area contributed by atoms with Crippen molar-refractivity contribution < 1.29 is 9.66 Å². The standard InChI is InChI=1S/C12H18N4O3/c17-16(18)12-11(3-1-4-14-12)13-5-2-6-15-7-9-19-10-8-15/h1,3-4,13H,2,5-10H2. The number of anilines is 1. The van der Waals surface area contributed by atoms with Gasteiger partial charge in [0.1, 0.15) is 11.9 Å². The molecule has 0 unspecified atom stereocenters. The first-order chi connectivity index (χ1) is 9.27. The van der Waals surface area contributed by atoms with Crippen molar-refractivity contribution in [2.24, 2.45) is 0 Å². The number of rotatable bonds is 6. The zero-order valence-electron chi connectivity index (χ0n) is 10.7. The molecule has 0 aromatic carbocycles. The van der Waals surface area contributed by atoms with Crippen molar-refractivity contribution >= 4 is 11.5 Å². The van der Waals surface area contributed by atoms with E-state index in [2.05, 4.69) is 15.2 Å². The van der Waals surface area contributed by atoms with Gasteiger partial charge in [-0.2, -0.15) is 0 Å². The fourth-order valence-electron chi connectivity index (χ4n) is 2.03. The van der Waals surface area contributed by atoms with Gasteiger partial charge in [-0.25, -0.2) is 0 Å². The molecule has 7 nitrogen and oxygen atoms in total. The molecule has 1 saturated heterocycles. The molecule has 1 N–H and O–H groups in total. The maximum Gasteiger partial charge on any atom is 0.386 e. The molecule has 0 aliphatic carbocycles. The Hall–Kier alpha value is -1.73. The fourth-order valence-corrected chi connectivity index (χ4v) is 2.03. The van der Waals surface area contributed by atoms with Crippen molar-refractivity contribution in [1.82, 2.24) is 9.88 Å². The molecule has 0 bridgehead atoms. The number of nitrogens with zero attached hydrogens (tertiary/aromatic N) is 3. The summed E-state index contributed by atoms with van der Waals surface area (Å²) in [5, 5.41) is 13.9. The van der Waals surface area contributed by atoms with Crippen LogP contribution in [0.2, 0.25) is 0 Å². The van der Waals surface area contributed by atoms with E-state index in [0.717, 1.165) is 39.3 Å². The normalized spacial score (nSPS) is 16.2. The zero-order chi connectivity index (χ0) is 13.5. The van der Waals surface area contributed by atoms with E-state index in [9.17, 15) is 10.1 Å². The Balaban J connectivity index is 1.74. The SMILES string of the molecule is O=[N+]([O-])c1ncccc1NCCCN1CCOCC1. The molecular weight excluding hydrogens is 248 g/mol. The highest BCUT2D eigenvalue weighted by atomic mass is 16.6. The Labute approximate surface area is 111 Å². The largest absolute Gasteiger partial charge is 0.386 e. The monoisotopic (exact) mass is 266 g/mol. The molecule has 0 atom stereocenters. The van der Waals surface area contributed by atoms with E-state index in [1.807, 2.05) is 0 Å². The Morgan fingerprint density at radius 2 is 2.26 bits per heavy atom. The van der Waals surface area contributed by atoms with Crippen LogP contribution in [0.25, 0.3) is 0 Å². The summed E-state index contributed by atoms with van der Waals surface area (Å²) in [6, 6.07) is 3.37. The van der Waals surface area contributed by atoms with Crippen LogP contribution in [0, 0.1) is 10.1 Å². The van der Waals surface area contributed by atoms with E-state index >= 15 is 0 Å². The van der Waals surface area contributed by atoms with Crippen LogP contribution < -0.4 is 5.32 Å². The van der Waals surface area contributed by atoms with Gasteiger partial charge in [-0.3, -0.25) is 4.90 Å². The van der Waals surface area contributed by atoms with Crippen molar-refractivity contribution in [2.45, 2.75) is 6.42 Å². The van der Waals surface area contributed by atoms with Crippen molar-refractivity contribution in [2.75, 3.05) is 44.7 Å². The summed E-state index contributed by atoms with van der Waals surface area (Å²) in [4.78, 5) is 16.4. The second-order valence-corrected chi connectivity index (χ2v) is 4.37. The molecule has 2 rings (SSSR count). The van der Waals surface area contributed by atoms with E-state index in [4.69, 9.17) is 4.74 Å². The number of aromatic nitrogens is 1. The second kappa shape index (κ2) is 7.01. The summed E-state index contributed by atoms with van der Waals surface area (Å²) in [6.45, 7) is 5.19. The summed E-state index contributed by atoms with van der Waals surface area (Å²) in [5.41, 5.74) is 0.481. The van der Waals surface area contributed by atoms with E-state index in [1.165, 1.54) is 6.20 Å². The van der Waals surface area contributed by atoms with E-state index in [0.29, 0.717) is 12.2 Å². The smallest absolute Gasteiger partial charge is 0.379 e. The lowest BCUT2D eigenvalue weighted by molar-refractivity contribution is -0.388. The van der Waals surface area contributed by atoms with Gasteiger partial charge in [-0.05, 0) is 35.0 Å². The predicted octanol–water partition coefficient (Wildman–Crippen LogP) is 1.12. The van der Waals surface area contributed by atoms with Crippen LogP contribution in [0.1, 0.15) is 6.42 Å². The third-order valence-electron chi connectivity index (χ3n) is 3.03. The average Bonchev–Trinajstić information content (AvgIpc) is 2.45. The number of hydrogen-bond acceptors (Lipinski definition) is 6. The lowest BCUT2D eigenvalue weighted by atomic mass is 10.3. The fraction of sp³-hybridized carbons (Fsp3) is 0.583. The summed E-state index contributed by atoms with van der Waals surface area (Å²) in [6.07, 6.45) is 2.36. The summed E-state index contributed by atoms with van der Waals surface area (Å²) < 4.78 is 5.28. The lowest BCUT2D eigenvalue weighted by Gasteiger charge is -2.26. The molecular formula is C12H18N4O3. The molecule has 1 aliphatic rings. The van der Waals surface area contributed by atoms with Crippen LogP contribution in [0.4, 0.5) is 11.5 Å². The molecule has 0 saturated carbocycles. The van der Waals surface area contributed by atoms with Crippen LogP contribution in [-0.2, 0) is 4.74 Å². The van der Waals surface area contributed by atoms with Gasteiger partial charge in [-0.15, -0.1) is 0 Å². The molecule has 1 fully saturated rings. The van der Waals surface area contributed by atoms with Gasteiger partial charge in [0, 0.05) is 19.6 Å². The van der Waals surface area contributed by atoms with Gasteiger partial charge in [-0.1, -0.05) is 0 Å². The number of nitro groups is 1. The van der Waals surface area contributed by atoms with Crippen LogP contribution in [0.15, 0.2) is 18.3 Å². The Bertz CT molecular complexity index is 421. The molecule has 0 amide bonds. The van der Waals surface area contributed by atoms with Gasteiger partial charge in [0.2, 0.25) is 0 Å². The molecule has 19 heavy (non-hydrogen) atoms. The number of hydrogen-bond donors (Lipinski definition) is 1. The summed E-state index contributed by atoms with van der Waals surface area (Å²) in [5.74, 6) is -0.117. The second-order valence-electron chi connectivity index (χ2n) is 4.37. The Kier molecular flexibility index (Phi) is 5.05. The lowest BCUT2D eigenvalue weighted by Crippen LogP contribution is -2.37. The molecule has 2 heterocycles. The van der Waals surface area contributed by atoms with Crippen molar-refractivity contribution in [3.8, 4) is 0 Å². The third kappa shape index (κ3) is 4.15. The van der Waals surface area contributed by atoms with Crippen LogP contribution >= 0.6 is 0 Å². The minimum absolute atomic E-state index is 0.117. The maximum atomic E-state index is 10.8. The highest BCUT2D eigenvalue weighted by molar-refractivity contribution is 5.56. The number of pyridine rings is 1. The topological polar surface area (TPSA) is 80.5 Å². The minimum atomic E-state index is -0.468. The van der Waals surface area contributed by atoms with E-state index in [-0.39, 0.29) is 5.82 Å². The quantitative estimate of drug-likeness (QED) is 0.472. The summed E-state index contributed by atoms with van der Waals surface area (Å²) in [7, 11) is 0. The number of ether oxygens (including phenoxy) is 1. The number of nitrogens with one attached hydrogen (secondary N) is 1. The highest BCUT2D eigenvalue weighted by Crippen LogP contribution is 2.19. The first kappa shape index (κ1) is 13.7. The first-order valence-corrected chi connectivity index (χ1v) is 6.41. The first-order valence-electron chi connectivity index (χ1n) is 6.41. The number of morpholine rings is 1. The van der Waals surface area contributed by atoms with Crippen molar-refractivity contribution in [3.05, 3.63) is 28.4 Å². The Morgan fingerprint density at radius 3 is 3.00 bits per heavy atom.